The van der Waals surface area contributed by atoms with Crippen LogP contribution in [-0.2, 0) is 4.79 Å². The molecule has 0 saturated carbocycles. The van der Waals surface area contributed by atoms with Gasteiger partial charge >= 0.3 is 5.97 Å². The van der Waals surface area contributed by atoms with Crippen molar-refractivity contribution in [3.05, 3.63) is 36.7 Å². The van der Waals surface area contributed by atoms with E-state index in [0.29, 0.717) is 5.75 Å². The molecule has 0 aromatic carbocycles. The Morgan fingerprint density at radius 1 is 1.50 bits per heavy atom. The molecule has 86 valence electrons. The summed E-state index contributed by atoms with van der Waals surface area (Å²) in [4.78, 5) is 15.2. The quantitative estimate of drug-likeness (QED) is 0.419. The Bertz CT molecular complexity index is 333. The summed E-state index contributed by atoms with van der Waals surface area (Å²) < 4.78 is 5.03. The molecule has 0 saturated heterocycles. The van der Waals surface area contributed by atoms with Gasteiger partial charge < -0.3 is 4.74 Å². The van der Waals surface area contributed by atoms with E-state index in [9.17, 15) is 4.79 Å². The van der Waals surface area contributed by atoms with Crippen LogP contribution in [0.1, 0.15) is 32.6 Å². The van der Waals surface area contributed by atoms with Gasteiger partial charge in [0, 0.05) is 12.3 Å². The number of esters is 1. The molecule has 0 radical (unpaired) electrons. The lowest BCUT2D eigenvalue weighted by Gasteiger charge is -1.98. The molecule has 0 N–H and O–H groups in total. The SMILES string of the molecule is CCCCC/C=C\C(=O)Oc1cccnc1. The first-order valence-corrected chi connectivity index (χ1v) is 5.61. The van der Waals surface area contributed by atoms with Gasteiger partial charge in [-0.3, -0.25) is 4.98 Å². The van der Waals surface area contributed by atoms with Crippen molar-refractivity contribution in [2.45, 2.75) is 32.6 Å². The molecule has 3 heteroatoms. The number of aromatic nitrogens is 1. The number of rotatable bonds is 6. The molecule has 0 aliphatic heterocycles. The van der Waals surface area contributed by atoms with Crippen molar-refractivity contribution in [1.29, 1.82) is 0 Å². The van der Waals surface area contributed by atoms with Gasteiger partial charge in [0.05, 0.1) is 6.20 Å². The fourth-order valence-electron chi connectivity index (χ4n) is 1.25. The molecule has 1 aromatic rings. The van der Waals surface area contributed by atoms with Gasteiger partial charge in [-0.2, -0.15) is 0 Å². The largest absolute Gasteiger partial charge is 0.422 e. The molecule has 0 aliphatic carbocycles. The zero-order chi connectivity index (χ0) is 11.6. The molecule has 0 atom stereocenters. The summed E-state index contributed by atoms with van der Waals surface area (Å²) in [5.41, 5.74) is 0. The zero-order valence-electron chi connectivity index (χ0n) is 9.56. The highest BCUT2D eigenvalue weighted by molar-refractivity contribution is 5.83. The van der Waals surface area contributed by atoms with Gasteiger partial charge in [-0.25, -0.2) is 4.79 Å². The first-order chi connectivity index (χ1) is 7.83. The molecule has 1 rings (SSSR count). The molecule has 1 aromatic heterocycles. The molecule has 1 heterocycles. The van der Waals surface area contributed by atoms with Crippen LogP contribution in [0.5, 0.6) is 5.75 Å². The number of pyridine rings is 1. The first-order valence-electron chi connectivity index (χ1n) is 5.61. The maximum Gasteiger partial charge on any atom is 0.335 e. The van der Waals surface area contributed by atoms with E-state index in [0.717, 1.165) is 12.8 Å². The second-order valence-corrected chi connectivity index (χ2v) is 3.51. The summed E-state index contributed by atoms with van der Waals surface area (Å²) in [5, 5.41) is 0. The summed E-state index contributed by atoms with van der Waals surface area (Å²) >= 11 is 0. The zero-order valence-corrected chi connectivity index (χ0v) is 9.56. The van der Waals surface area contributed by atoms with E-state index in [1.54, 1.807) is 18.3 Å². The van der Waals surface area contributed by atoms with Crippen LogP contribution in [0.15, 0.2) is 36.7 Å². The van der Waals surface area contributed by atoms with E-state index in [2.05, 4.69) is 11.9 Å². The van der Waals surface area contributed by atoms with E-state index < -0.39 is 0 Å². The Morgan fingerprint density at radius 2 is 2.38 bits per heavy atom. The van der Waals surface area contributed by atoms with Crippen LogP contribution in [0.2, 0.25) is 0 Å². The van der Waals surface area contributed by atoms with E-state index in [-0.39, 0.29) is 5.97 Å². The predicted octanol–water partition coefficient (Wildman–Crippen LogP) is 3.12. The van der Waals surface area contributed by atoms with E-state index in [4.69, 9.17) is 4.74 Å². The number of nitrogens with zero attached hydrogens (tertiary/aromatic N) is 1. The van der Waals surface area contributed by atoms with Gasteiger partial charge in [0.2, 0.25) is 0 Å². The standard InChI is InChI=1S/C13H17NO2/c1-2-3-4-5-6-9-13(15)16-12-8-7-10-14-11-12/h6-11H,2-5H2,1H3/b9-6-. The molecule has 0 aliphatic rings. The van der Waals surface area contributed by atoms with Crippen molar-refractivity contribution in [3.8, 4) is 5.75 Å². The molecule has 16 heavy (non-hydrogen) atoms. The molecule has 0 amide bonds. The molecule has 0 fully saturated rings. The predicted molar refractivity (Wildman–Crippen MR) is 63.2 cm³/mol. The highest BCUT2D eigenvalue weighted by Crippen LogP contribution is 2.06. The number of ether oxygens (including phenoxy) is 1. The maximum atomic E-state index is 11.3. The minimum absolute atomic E-state index is 0.343. The van der Waals surface area contributed by atoms with Crippen LogP contribution in [0.4, 0.5) is 0 Å². The number of hydrogen-bond acceptors (Lipinski definition) is 3. The normalized spacial score (nSPS) is 10.6. The molecule has 3 nitrogen and oxygen atoms in total. The smallest absolute Gasteiger partial charge is 0.335 e. The van der Waals surface area contributed by atoms with Crippen molar-refractivity contribution in [3.63, 3.8) is 0 Å². The van der Waals surface area contributed by atoms with Crippen molar-refractivity contribution in [1.82, 2.24) is 4.98 Å². The Kier molecular flexibility index (Phi) is 5.92. The molecule has 0 spiro atoms. The number of allylic oxidation sites excluding steroid dienone is 1. The third kappa shape index (κ3) is 5.29. The average Bonchev–Trinajstić information content (AvgIpc) is 2.30. The lowest BCUT2D eigenvalue weighted by atomic mass is 10.2. The minimum atomic E-state index is -0.343. The second kappa shape index (κ2) is 7.63. The Hall–Kier alpha value is -1.64. The molecular formula is C13H17NO2. The third-order valence-corrected chi connectivity index (χ3v) is 2.08. The van der Waals surface area contributed by atoms with Gasteiger partial charge in [-0.15, -0.1) is 0 Å². The molecular weight excluding hydrogens is 202 g/mol. The first kappa shape index (κ1) is 12.4. The maximum absolute atomic E-state index is 11.3. The molecule has 0 unspecified atom stereocenters. The minimum Gasteiger partial charge on any atom is -0.422 e. The molecule has 0 bridgehead atoms. The van der Waals surface area contributed by atoms with Crippen molar-refractivity contribution >= 4 is 5.97 Å². The second-order valence-electron chi connectivity index (χ2n) is 3.51. The fraction of sp³-hybridized carbons (Fsp3) is 0.385. The van der Waals surface area contributed by atoms with Crippen LogP contribution in [0.25, 0.3) is 0 Å². The van der Waals surface area contributed by atoms with E-state index in [1.807, 2.05) is 6.08 Å². The monoisotopic (exact) mass is 219 g/mol. The highest BCUT2D eigenvalue weighted by Gasteiger charge is 1.98. The van der Waals surface area contributed by atoms with Crippen molar-refractivity contribution in [2.75, 3.05) is 0 Å². The van der Waals surface area contributed by atoms with Crippen molar-refractivity contribution in [2.24, 2.45) is 0 Å². The van der Waals surface area contributed by atoms with Gasteiger partial charge in [0.15, 0.2) is 0 Å². The summed E-state index contributed by atoms with van der Waals surface area (Å²) in [5.74, 6) is 0.134. The summed E-state index contributed by atoms with van der Waals surface area (Å²) in [6.07, 6.45) is 10.9. The van der Waals surface area contributed by atoms with Gasteiger partial charge in [0.25, 0.3) is 0 Å². The topological polar surface area (TPSA) is 39.2 Å². The lowest BCUT2D eigenvalue weighted by Crippen LogP contribution is -2.03. The number of carbonyl (C=O) groups is 1. The average molecular weight is 219 g/mol. The fourth-order valence-corrected chi connectivity index (χ4v) is 1.25. The third-order valence-electron chi connectivity index (χ3n) is 2.08. The summed E-state index contributed by atoms with van der Waals surface area (Å²) in [6.45, 7) is 2.15. The lowest BCUT2D eigenvalue weighted by molar-refractivity contribution is -0.129. The van der Waals surface area contributed by atoms with E-state index in [1.165, 1.54) is 25.1 Å². The summed E-state index contributed by atoms with van der Waals surface area (Å²) in [6, 6.07) is 3.43. The van der Waals surface area contributed by atoms with Crippen LogP contribution < -0.4 is 4.74 Å². The Morgan fingerprint density at radius 3 is 3.06 bits per heavy atom. The number of unbranched alkanes of at least 4 members (excludes halogenated alkanes) is 3. The van der Waals surface area contributed by atoms with Crippen molar-refractivity contribution < 1.29 is 9.53 Å². The van der Waals surface area contributed by atoms with Crippen LogP contribution in [0, 0.1) is 0 Å². The Labute approximate surface area is 96.2 Å². The van der Waals surface area contributed by atoms with Gasteiger partial charge in [-0.05, 0) is 25.0 Å². The highest BCUT2D eigenvalue weighted by atomic mass is 16.5. The van der Waals surface area contributed by atoms with Crippen LogP contribution >= 0.6 is 0 Å². The van der Waals surface area contributed by atoms with Crippen LogP contribution in [-0.4, -0.2) is 11.0 Å². The number of hydrogen-bond donors (Lipinski definition) is 0. The Balaban J connectivity index is 2.25. The summed E-state index contributed by atoms with van der Waals surface area (Å²) in [7, 11) is 0. The number of carbonyl (C=O) groups excluding carboxylic acids is 1. The van der Waals surface area contributed by atoms with Gasteiger partial charge in [0.1, 0.15) is 5.75 Å². The van der Waals surface area contributed by atoms with E-state index >= 15 is 0 Å². The van der Waals surface area contributed by atoms with Crippen LogP contribution in [0.3, 0.4) is 0 Å². The van der Waals surface area contributed by atoms with Gasteiger partial charge in [-0.1, -0.05) is 25.8 Å².